The van der Waals surface area contributed by atoms with Gasteiger partial charge in [-0.15, -0.1) is 0 Å². The van der Waals surface area contributed by atoms with Crippen LogP contribution in [0.3, 0.4) is 0 Å². The fraction of sp³-hybridized carbons (Fsp3) is 0.533. The summed E-state index contributed by atoms with van der Waals surface area (Å²) in [5.41, 5.74) is 3.93. The molecule has 0 heterocycles. The van der Waals surface area contributed by atoms with Crippen LogP contribution in [-0.2, 0) is 6.54 Å². The molecule has 0 spiro atoms. The summed E-state index contributed by atoms with van der Waals surface area (Å²) in [6, 6.07) is 5.65. The van der Waals surface area contributed by atoms with E-state index in [1.165, 1.54) is 31.4 Å². The van der Waals surface area contributed by atoms with E-state index >= 15 is 0 Å². The minimum atomic E-state index is -0.265. The molecule has 3 N–H and O–H groups in total. The lowest BCUT2D eigenvalue weighted by Crippen LogP contribution is -2.32. The van der Waals surface area contributed by atoms with E-state index in [9.17, 15) is 4.79 Å². The van der Waals surface area contributed by atoms with Gasteiger partial charge in [-0.2, -0.15) is 0 Å². The Kier molecular flexibility index (Phi) is 5.57. The second-order valence-electron chi connectivity index (χ2n) is 5.40. The molecule has 0 bridgehead atoms. The molecule has 5 heteroatoms. The first-order valence-electron chi connectivity index (χ1n) is 7.15. The third kappa shape index (κ3) is 3.81. The molecule has 0 aliphatic heterocycles. The molecule has 2 rings (SSSR count). The molecule has 0 saturated heterocycles. The number of benzene rings is 1. The molecule has 1 aliphatic carbocycles. The number of amides is 1. The topological polar surface area (TPSA) is 58.4 Å². The van der Waals surface area contributed by atoms with Gasteiger partial charge in [-0.05, 0) is 43.0 Å². The van der Waals surface area contributed by atoms with Crippen LogP contribution in [0, 0.1) is 5.92 Å². The summed E-state index contributed by atoms with van der Waals surface area (Å²) in [7, 11) is 0. The number of carbonyl (C=O) groups excluding carboxylic acids is 1. The van der Waals surface area contributed by atoms with Crippen LogP contribution in [0.25, 0.3) is 0 Å². The predicted molar refractivity (Wildman–Crippen MR) is 84.1 cm³/mol. The highest BCUT2D eigenvalue weighted by molar-refractivity contribution is 9.10. The van der Waals surface area contributed by atoms with Crippen LogP contribution in [0.15, 0.2) is 22.7 Å². The average Bonchev–Trinajstić information content (AvgIpc) is 2.42. The molecular weight excluding hydrogens is 318 g/mol. The van der Waals surface area contributed by atoms with Crippen LogP contribution in [0.1, 0.15) is 42.1 Å². The number of nitrogens with zero attached hydrogens (tertiary/aromatic N) is 1. The van der Waals surface area contributed by atoms with E-state index in [1.807, 2.05) is 18.2 Å². The number of nitrogen functional groups attached to an aromatic ring is 1. The predicted octanol–water partition coefficient (Wildman–Crippen LogP) is 2.67. The van der Waals surface area contributed by atoms with Crippen LogP contribution < -0.4 is 11.3 Å². The van der Waals surface area contributed by atoms with Crippen molar-refractivity contribution in [2.75, 3.05) is 13.1 Å². The van der Waals surface area contributed by atoms with Crippen LogP contribution in [-0.4, -0.2) is 23.9 Å². The third-order valence-corrected chi connectivity index (χ3v) is 4.77. The summed E-state index contributed by atoms with van der Waals surface area (Å²) in [5, 5.41) is 0. The van der Waals surface area contributed by atoms with Gasteiger partial charge < -0.3 is 0 Å². The number of nitrogens with two attached hydrogens (primary N) is 1. The number of rotatable bonds is 6. The number of hydrogen-bond acceptors (Lipinski definition) is 3. The second-order valence-corrected chi connectivity index (χ2v) is 6.26. The van der Waals surface area contributed by atoms with Gasteiger partial charge in [0.15, 0.2) is 0 Å². The summed E-state index contributed by atoms with van der Waals surface area (Å²) >= 11 is 3.55. The molecule has 1 aromatic carbocycles. The van der Waals surface area contributed by atoms with E-state index in [1.54, 1.807) is 0 Å². The fourth-order valence-electron chi connectivity index (χ4n) is 2.49. The van der Waals surface area contributed by atoms with Crippen molar-refractivity contribution in [3.05, 3.63) is 33.8 Å². The number of nitrogens with one attached hydrogen (secondary N) is 1. The molecule has 0 aromatic heterocycles. The summed E-state index contributed by atoms with van der Waals surface area (Å²) < 4.78 is 0.964. The highest BCUT2D eigenvalue weighted by atomic mass is 79.9. The first-order chi connectivity index (χ1) is 9.63. The highest BCUT2D eigenvalue weighted by Gasteiger charge is 2.20. The molecule has 1 fully saturated rings. The lowest BCUT2D eigenvalue weighted by molar-refractivity contribution is 0.0953. The summed E-state index contributed by atoms with van der Waals surface area (Å²) in [5.74, 6) is 5.75. The Morgan fingerprint density at radius 3 is 2.75 bits per heavy atom. The summed E-state index contributed by atoms with van der Waals surface area (Å²) in [4.78, 5) is 13.9. The minimum absolute atomic E-state index is 0.265. The van der Waals surface area contributed by atoms with Gasteiger partial charge in [0.25, 0.3) is 5.91 Å². The molecular formula is C15H22BrN3O. The van der Waals surface area contributed by atoms with Gasteiger partial charge in [-0.1, -0.05) is 35.3 Å². The van der Waals surface area contributed by atoms with Gasteiger partial charge in [0.1, 0.15) is 0 Å². The Labute approximate surface area is 128 Å². The Balaban J connectivity index is 2.01. The lowest BCUT2D eigenvalue weighted by atomic mass is 9.85. The maximum atomic E-state index is 11.5. The minimum Gasteiger partial charge on any atom is -0.299 e. The quantitative estimate of drug-likeness (QED) is 0.476. The van der Waals surface area contributed by atoms with E-state index in [4.69, 9.17) is 5.84 Å². The van der Waals surface area contributed by atoms with Gasteiger partial charge >= 0.3 is 0 Å². The molecule has 1 aromatic rings. The van der Waals surface area contributed by atoms with Crippen molar-refractivity contribution in [3.63, 3.8) is 0 Å². The van der Waals surface area contributed by atoms with Crippen LogP contribution in [0.5, 0.6) is 0 Å². The summed E-state index contributed by atoms with van der Waals surface area (Å²) in [6.07, 6.45) is 4.12. The highest BCUT2D eigenvalue weighted by Crippen LogP contribution is 2.28. The van der Waals surface area contributed by atoms with Gasteiger partial charge in [0, 0.05) is 23.1 Å². The molecule has 0 atom stereocenters. The second kappa shape index (κ2) is 7.20. The van der Waals surface area contributed by atoms with Crippen LogP contribution >= 0.6 is 15.9 Å². The van der Waals surface area contributed by atoms with E-state index < -0.39 is 0 Å². The lowest BCUT2D eigenvalue weighted by Gasteiger charge is -2.32. The maximum Gasteiger partial charge on any atom is 0.265 e. The monoisotopic (exact) mass is 339 g/mol. The van der Waals surface area contributed by atoms with Gasteiger partial charge in [-0.25, -0.2) is 5.84 Å². The van der Waals surface area contributed by atoms with Crippen molar-refractivity contribution in [2.24, 2.45) is 11.8 Å². The Bertz CT molecular complexity index is 474. The Hall–Kier alpha value is -0.910. The van der Waals surface area contributed by atoms with E-state index in [0.29, 0.717) is 5.56 Å². The standard InChI is InChI=1S/C15H22BrN3O/c1-2-19(9-11-4-3-5-11)10-13-7-6-12(8-14(13)16)15(20)18-17/h6-8,11H,2-5,9-10,17H2,1H3,(H,18,20). The molecule has 0 unspecified atom stereocenters. The largest absolute Gasteiger partial charge is 0.299 e. The number of hydrazine groups is 1. The molecule has 1 aliphatic rings. The van der Waals surface area contributed by atoms with Gasteiger partial charge in [0.05, 0.1) is 0 Å². The fourth-order valence-corrected chi connectivity index (χ4v) is 2.99. The van der Waals surface area contributed by atoms with Crippen molar-refractivity contribution in [3.8, 4) is 0 Å². The molecule has 4 nitrogen and oxygen atoms in total. The number of hydrogen-bond donors (Lipinski definition) is 2. The van der Waals surface area contributed by atoms with Crippen LogP contribution in [0.4, 0.5) is 0 Å². The van der Waals surface area contributed by atoms with Crippen molar-refractivity contribution < 1.29 is 4.79 Å². The summed E-state index contributed by atoms with van der Waals surface area (Å²) in [6.45, 7) is 5.34. The first-order valence-corrected chi connectivity index (χ1v) is 7.95. The Morgan fingerprint density at radius 1 is 1.50 bits per heavy atom. The third-order valence-electron chi connectivity index (χ3n) is 4.03. The number of halogens is 1. The maximum absolute atomic E-state index is 11.5. The first kappa shape index (κ1) is 15.5. The smallest absolute Gasteiger partial charge is 0.265 e. The molecule has 20 heavy (non-hydrogen) atoms. The van der Waals surface area contributed by atoms with E-state index in [-0.39, 0.29) is 5.91 Å². The van der Waals surface area contributed by atoms with Crippen LogP contribution in [0.2, 0.25) is 0 Å². The van der Waals surface area contributed by atoms with Crippen molar-refractivity contribution in [1.29, 1.82) is 0 Å². The van der Waals surface area contributed by atoms with Gasteiger partial charge in [-0.3, -0.25) is 15.1 Å². The van der Waals surface area contributed by atoms with Gasteiger partial charge in [0.2, 0.25) is 0 Å². The number of carbonyl (C=O) groups is 1. The van der Waals surface area contributed by atoms with Crippen molar-refractivity contribution in [2.45, 2.75) is 32.7 Å². The zero-order valence-electron chi connectivity index (χ0n) is 11.9. The molecule has 110 valence electrons. The zero-order valence-corrected chi connectivity index (χ0v) is 13.4. The molecule has 1 amide bonds. The normalized spacial score (nSPS) is 15.2. The Morgan fingerprint density at radius 2 is 2.25 bits per heavy atom. The van der Waals surface area contributed by atoms with E-state index in [2.05, 4.69) is 33.2 Å². The van der Waals surface area contributed by atoms with Crippen molar-refractivity contribution in [1.82, 2.24) is 10.3 Å². The zero-order chi connectivity index (χ0) is 14.5. The van der Waals surface area contributed by atoms with E-state index in [0.717, 1.165) is 23.5 Å². The molecule has 1 saturated carbocycles. The SMILES string of the molecule is CCN(Cc1ccc(C(=O)NN)cc1Br)CC1CCC1. The van der Waals surface area contributed by atoms with Crippen molar-refractivity contribution >= 4 is 21.8 Å². The average molecular weight is 340 g/mol. The molecule has 0 radical (unpaired) electrons.